The lowest BCUT2D eigenvalue weighted by molar-refractivity contribution is 0.211. The van der Waals surface area contributed by atoms with Crippen LogP contribution >= 0.6 is 0 Å². The molecule has 3 aromatic heterocycles. The zero-order valence-electron chi connectivity index (χ0n) is 23.1. The van der Waals surface area contributed by atoms with E-state index in [1.54, 1.807) is 42.1 Å². The molecule has 41 heavy (non-hydrogen) atoms. The third-order valence-corrected chi connectivity index (χ3v) is 6.72. The molecule has 0 saturated carbocycles. The standard InChI is InChI=1S/C28H29FN8O4/c1-15-9-23(33-35(15)5)32-25-22(41-27(30)40)13-36(34-25)20-7-6-8-21(18(20)14-38)37-26(39)24-16(12-31-37)10-17(11-19(24)29)28(2,3)4/h6-13,38H,14H2,1-5H3,(H2,30,40)(H,32,33,34). The Bertz CT molecular complexity index is 1850. The van der Waals surface area contributed by atoms with E-state index in [9.17, 15) is 14.7 Å². The molecule has 2 aromatic carbocycles. The number of benzene rings is 2. The number of aliphatic hydroxyl groups is 1. The van der Waals surface area contributed by atoms with E-state index in [0.29, 0.717) is 16.9 Å². The molecule has 3 heterocycles. The van der Waals surface area contributed by atoms with Gasteiger partial charge in [0.25, 0.3) is 5.56 Å². The van der Waals surface area contributed by atoms with Gasteiger partial charge in [-0.15, -0.1) is 5.10 Å². The van der Waals surface area contributed by atoms with Crippen LogP contribution in [0.4, 0.5) is 20.8 Å². The third kappa shape index (κ3) is 5.14. The number of nitrogens with zero attached hydrogens (tertiary/aromatic N) is 6. The van der Waals surface area contributed by atoms with Crippen LogP contribution in [0.1, 0.15) is 37.6 Å². The van der Waals surface area contributed by atoms with Crippen molar-refractivity contribution in [2.24, 2.45) is 12.8 Å². The van der Waals surface area contributed by atoms with E-state index in [1.807, 2.05) is 27.7 Å². The minimum absolute atomic E-state index is 0.00724. The van der Waals surface area contributed by atoms with Crippen LogP contribution in [0.15, 0.2) is 53.6 Å². The lowest BCUT2D eigenvalue weighted by atomic mass is 9.86. The molecule has 12 nitrogen and oxygen atoms in total. The molecule has 13 heteroatoms. The first kappa shape index (κ1) is 27.5. The molecule has 0 atom stereocenters. The number of anilines is 2. The number of nitrogens with two attached hydrogens (primary N) is 1. The number of aromatic nitrogens is 6. The highest BCUT2D eigenvalue weighted by atomic mass is 19.1. The predicted molar refractivity (Wildman–Crippen MR) is 150 cm³/mol. The van der Waals surface area contributed by atoms with E-state index >= 15 is 4.39 Å². The van der Waals surface area contributed by atoms with E-state index in [2.05, 4.69) is 20.6 Å². The Kier molecular flexibility index (Phi) is 6.83. The molecule has 0 aliphatic rings. The smallest absolute Gasteiger partial charge is 0.405 e. The summed E-state index contributed by atoms with van der Waals surface area (Å²) in [6.07, 6.45) is 1.77. The molecular weight excluding hydrogens is 531 g/mol. The number of aliphatic hydroxyl groups excluding tert-OH is 1. The van der Waals surface area contributed by atoms with Crippen LogP contribution in [-0.2, 0) is 19.1 Å². The van der Waals surface area contributed by atoms with Gasteiger partial charge < -0.3 is 20.9 Å². The van der Waals surface area contributed by atoms with Gasteiger partial charge in [-0.2, -0.15) is 14.9 Å². The Morgan fingerprint density at radius 2 is 1.90 bits per heavy atom. The zero-order valence-corrected chi connectivity index (χ0v) is 23.1. The van der Waals surface area contributed by atoms with Crippen molar-refractivity contribution < 1.29 is 19.0 Å². The van der Waals surface area contributed by atoms with Crippen LogP contribution in [-0.4, -0.2) is 40.5 Å². The maximum Gasteiger partial charge on any atom is 0.410 e. The van der Waals surface area contributed by atoms with Crippen molar-refractivity contribution in [2.45, 2.75) is 39.7 Å². The normalized spacial score (nSPS) is 11.7. The van der Waals surface area contributed by atoms with E-state index in [4.69, 9.17) is 10.5 Å². The maximum absolute atomic E-state index is 15.2. The Balaban J connectivity index is 1.63. The molecule has 0 fully saturated rings. The number of halogens is 1. The average Bonchev–Trinajstić information content (AvgIpc) is 3.43. The van der Waals surface area contributed by atoms with Gasteiger partial charge in [-0.1, -0.05) is 26.8 Å². The number of rotatable bonds is 6. The maximum atomic E-state index is 15.2. The summed E-state index contributed by atoms with van der Waals surface area (Å²) in [4.78, 5) is 25.1. The Morgan fingerprint density at radius 3 is 2.54 bits per heavy atom. The van der Waals surface area contributed by atoms with Crippen LogP contribution in [0.2, 0.25) is 0 Å². The summed E-state index contributed by atoms with van der Waals surface area (Å²) in [7, 11) is 1.77. The SMILES string of the molecule is Cc1cc(Nc2nn(-c3cccc(-n4ncc5cc(C(C)(C)C)cc(F)c5c4=O)c3CO)cc2OC(N)=O)nn1C. The molecule has 5 rings (SSSR count). The van der Waals surface area contributed by atoms with Gasteiger partial charge in [-0.25, -0.2) is 13.9 Å². The molecule has 5 aromatic rings. The molecule has 212 valence electrons. The van der Waals surface area contributed by atoms with E-state index in [0.717, 1.165) is 15.9 Å². The van der Waals surface area contributed by atoms with Crippen molar-refractivity contribution >= 4 is 28.5 Å². The molecule has 0 aliphatic heterocycles. The second-order valence-corrected chi connectivity index (χ2v) is 10.6. The quantitative estimate of drug-likeness (QED) is 0.284. The number of carbonyl (C=O) groups excluding carboxylic acids is 1. The molecule has 0 bridgehead atoms. The molecule has 0 unspecified atom stereocenters. The Hall–Kier alpha value is -5.04. The van der Waals surface area contributed by atoms with E-state index < -0.39 is 24.1 Å². The van der Waals surface area contributed by atoms with Crippen LogP contribution in [0.5, 0.6) is 5.75 Å². The van der Waals surface area contributed by atoms with Crippen molar-refractivity contribution in [2.75, 3.05) is 5.32 Å². The van der Waals surface area contributed by atoms with Crippen LogP contribution in [0.3, 0.4) is 0 Å². The fourth-order valence-electron chi connectivity index (χ4n) is 4.47. The molecule has 0 radical (unpaired) electrons. The summed E-state index contributed by atoms with van der Waals surface area (Å²) in [6.45, 7) is 7.21. The number of fused-ring (bicyclic) bond motifs is 1. The van der Waals surface area contributed by atoms with Crippen molar-refractivity contribution in [1.29, 1.82) is 0 Å². The van der Waals surface area contributed by atoms with Crippen molar-refractivity contribution in [1.82, 2.24) is 29.3 Å². The number of aryl methyl sites for hydroxylation is 2. The highest BCUT2D eigenvalue weighted by molar-refractivity contribution is 5.82. The Labute approximate surface area is 233 Å². The van der Waals surface area contributed by atoms with Gasteiger partial charge >= 0.3 is 6.09 Å². The topological polar surface area (TPSA) is 155 Å². The summed E-state index contributed by atoms with van der Waals surface area (Å²) >= 11 is 0. The number of amides is 1. The van der Waals surface area contributed by atoms with E-state index in [-0.39, 0.29) is 33.6 Å². The fourth-order valence-corrected chi connectivity index (χ4v) is 4.47. The predicted octanol–water partition coefficient (Wildman–Crippen LogP) is 3.74. The first-order valence-corrected chi connectivity index (χ1v) is 12.7. The third-order valence-electron chi connectivity index (χ3n) is 6.72. The summed E-state index contributed by atoms with van der Waals surface area (Å²) in [5.74, 6) is -0.0675. The summed E-state index contributed by atoms with van der Waals surface area (Å²) in [6, 6.07) is 9.74. The first-order chi connectivity index (χ1) is 19.4. The van der Waals surface area contributed by atoms with Gasteiger partial charge in [0.1, 0.15) is 5.82 Å². The van der Waals surface area contributed by atoms with E-state index in [1.165, 1.54) is 23.1 Å². The lowest BCUT2D eigenvalue weighted by Crippen LogP contribution is -2.24. The number of nitrogens with one attached hydrogen (secondary N) is 1. The minimum Gasteiger partial charge on any atom is -0.405 e. The zero-order chi connectivity index (χ0) is 29.6. The first-order valence-electron chi connectivity index (χ1n) is 12.7. The van der Waals surface area contributed by atoms with Gasteiger partial charge in [0.15, 0.2) is 17.4 Å². The minimum atomic E-state index is -1.05. The monoisotopic (exact) mass is 560 g/mol. The number of hydrogen-bond donors (Lipinski definition) is 3. The number of hydrogen-bond acceptors (Lipinski definition) is 8. The summed E-state index contributed by atoms with van der Waals surface area (Å²) < 4.78 is 24.4. The number of ether oxygens (including phenoxy) is 1. The van der Waals surface area contributed by atoms with Gasteiger partial charge in [-0.05, 0) is 42.2 Å². The highest BCUT2D eigenvalue weighted by Crippen LogP contribution is 2.31. The summed E-state index contributed by atoms with van der Waals surface area (Å²) in [5, 5.41) is 26.8. The van der Waals surface area contributed by atoms with Gasteiger partial charge in [0, 0.05) is 29.8 Å². The lowest BCUT2D eigenvalue weighted by Gasteiger charge is -2.20. The molecule has 0 saturated heterocycles. The molecule has 0 aliphatic carbocycles. The van der Waals surface area contributed by atoms with Crippen LogP contribution in [0.25, 0.3) is 22.1 Å². The molecule has 0 spiro atoms. The largest absolute Gasteiger partial charge is 0.410 e. The molecule has 4 N–H and O–H groups in total. The fraction of sp³-hybridized carbons (Fsp3) is 0.250. The Morgan fingerprint density at radius 1 is 1.17 bits per heavy atom. The highest BCUT2D eigenvalue weighted by Gasteiger charge is 2.22. The van der Waals surface area contributed by atoms with Gasteiger partial charge in [0.05, 0.1) is 35.8 Å². The van der Waals surface area contributed by atoms with Gasteiger partial charge in [0.2, 0.25) is 0 Å². The second kappa shape index (κ2) is 10.2. The second-order valence-electron chi connectivity index (χ2n) is 10.6. The van der Waals surface area contributed by atoms with Gasteiger partial charge in [-0.3, -0.25) is 9.48 Å². The molecule has 1 amide bonds. The van der Waals surface area contributed by atoms with Crippen molar-refractivity contribution in [3.8, 4) is 17.1 Å². The van der Waals surface area contributed by atoms with Crippen LogP contribution < -0.4 is 21.3 Å². The van der Waals surface area contributed by atoms with Crippen molar-refractivity contribution in [3.05, 3.63) is 81.8 Å². The number of carbonyl (C=O) groups is 1. The average molecular weight is 561 g/mol. The summed E-state index contributed by atoms with van der Waals surface area (Å²) in [5.41, 5.74) is 6.70. The van der Waals surface area contributed by atoms with Crippen molar-refractivity contribution in [3.63, 3.8) is 0 Å². The van der Waals surface area contributed by atoms with Crippen LogP contribution in [0, 0.1) is 12.7 Å². The number of primary amides is 1. The molecular formula is C28H29FN8O4.